The summed E-state index contributed by atoms with van der Waals surface area (Å²) in [5, 5.41) is 29.1. The number of halogens is 2. The smallest absolute Gasteiger partial charge is 0.253 e. The molecule has 10 nitrogen and oxygen atoms in total. The van der Waals surface area contributed by atoms with E-state index in [0.717, 1.165) is 12.1 Å². The number of nitrogens with zero attached hydrogens (tertiary/aromatic N) is 5. The highest BCUT2D eigenvalue weighted by molar-refractivity contribution is 7.80. The molecule has 1 aliphatic rings. The van der Waals surface area contributed by atoms with Gasteiger partial charge in [0.05, 0.1) is 24.2 Å². The minimum atomic E-state index is -1.49. The van der Waals surface area contributed by atoms with Crippen LogP contribution in [0.5, 0.6) is 0 Å². The number of aromatic nitrogens is 3. The van der Waals surface area contributed by atoms with Crippen LogP contribution in [0.25, 0.3) is 5.69 Å². The number of rotatable bonds is 8. The molecule has 3 N–H and O–H groups in total. The fourth-order valence-electron chi connectivity index (χ4n) is 3.21. The Hall–Kier alpha value is -2.32. The van der Waals surface area contributed by atoms with Gasteiger partial charge in [0.25, 0.3) is 5.91 Å². The highest BCUT2D eigenvalue weighted by Gasteiger charge is 2.28. The van der Waals surface area contributed by atoms with Gasteiger partial charge in [0.2, 0.25) is 0 Å². The SMILES string of the molecule is COC(S)NCc1cn(-c2cc(F)c(N3CCN(C(=O)C(O)CO)CC3)c(F)c2)nn1. The van der Waals surface area contributed by atoms with Gasteiger partial charge in [0, 0.05) is 52.0 Å². The monoisotopic (exact) mass is 458 g/mol. The molecule has 0 spiro atoms. The van der Waals surface area contributed by atoms with Gasteiger partial charge in [-0.1, -0.05) is 5.21 Å². The van der Waals surface area contributed by atoms with Gasteiger partial charge in [-0.15, -0.1) is 17.7 Å². The zero-order chi connectivity index (χ0) is 22.5. The number of nitrogens with one attached hydrogen (secondary N) is 1. The molecule has 170 valence electrons. The van der Waals surface area contributed by atoms with Crippen LogP contribution in [0, 0.1) is 11.6 Å². The molecule has 2 aromatic rings. The summed E-state index contributed by atoms with van der Waals surface area (Å²) in [6.45, 7) is 0.332. The van der Waals surface area contributed by atoms with E-state index >= 15 is 0 Å². The van der Waals surface area contributed by atoms with Crippen molar-refractivity contribution >= 4 is 24.2 Å². The molecule has 2 unspecified atom stereocenters. The summed E-state index contributed by atoms with van der Waals surface area (Å²) >= 11 is 4.12. The maximum atomic E-state index is 14.8. The molecule has 0 aliphatic carbocycles. The fourth-order valence-corrected chi connectivity index (χ4v) is 3.30. The van der Waals surface area contributed by atoms with E-state index in [4.69, 9.17) is 9.84 Å². The zero-order valence-corrected chi connectivity index (χ0v) is 17.7. The van der Waals surface area contributed by atoms with Crippen molar-refractivity contribution in [1.82, 2.24) is 25.2 Å². The second-order valence-corrected chi connectivity index (χ2v) is 7.36. The second kappa shape index (κ2) is 10.3. The van der Waals surface area contributed by atoms with Crippen LogP contribution in [0.1, 0.15) is 5.69 Å². The van der Waals surface area contributed by atoms with Gasteiger partial charge in [-0.05, 0) is 0 Å². The van der Waals surface area contributed by atoms with Crippen molar-refractivity contribution in [2.24, 2.45) is 0 Å². The van der Waals surface area contributed by atoms with Crippen LogP contribution >= 0.6 is 12.6 Å². The summed E-state index contributed by atoms with van der Waals surface area (Å²) in [7, 11) is 1.49. The van der Waals surface area contributed by atoms with Crippen molar-refractivity contribution in [3.8, 4) is 5.69 Å². The van der Waals surface area contributed by atoms with Gasteiger partial charge < -0.3 is 24.7 Å². The Bertz CT molecular complexity index is 886. The third kappa shape index (κ3) is 5.49. The van der Waals surface area contributed by atoms with E-state index < -0.39 is 35.8 Å². The number of benzene rings is 1. The number of aliphatic hydroxyl groups excluding tert-OH is 2. The topological polar surface area (TPSA) is 116 Å². The molecule has 1 fully saturated rings. The molecule has 2 atom stereocenters. The summed E-state index contributed by atoms with van der Waals surface area (Å²) < 4.78 is 35.8. The van der Waals surface area contributed by atoms with Crippen LogP contribution in [-0.2, 0) is 16.1 Å². The Kier molecular flexibility index (Phi) is 7.78. The Morgan fingerprint density at radius 3 is 2.52 bits per heavy atom. The van der Waals surface area contributed by atoms with Gasteiger partial charge in [-0.25, -0.2) is 13.5 Å². The first kappa shape index (κ1) is 23.3. The summed E-state index contributed by atoms with van der Waals surface area (Å²) in [6.07, 6.45) is 0.0451. The average molecular weight is 458 g/mol. The van der Waals surface area contributed by atoms with E-state index in [1.165, 1.54) is 27.8 Å². The van der Waals surface area contributed by atoms with E-state index in [1.54, 1.807) is 0 Å². The first-order chi connectivity index (χ1) is 14.8. The number of methoxy groups -OCH3 is 1. The number of carbonyl (C=O) groups is 1. The molecule has 1 aromatic carbocycles. The Morgan fingerprint density at radius 1 is 1.29 bits per heavy atom. The lowest BCUT2D eigenvalue weighted by molar-refractivity contribution is -0.142. The number of hydrogen-bond donors (Lipinski definition) is 4. The standard InChI is InChI=1S/C18H24F2N6O4S/c1-30-18(31)21-8-11-9-26(23-22-11)12-6-13(19)16(14(20)7-12)24-2-4-25(5-3-24)17(29)15(28)10-27/h6-7,9,15,18,21,27-28,31H,2-5,8,10H2,1H3. The van der Waals surface area contributed by atoms with E-state index in [0.29, 0.717) is 12.2 Å². The molecule has 0 radical (unpaired) electrons. The Labute approximate surface area is 182 Å². The highest BCUT2D eigenvalue weighted by atomic mass is 32.1. The number of thiol groups is 1. The lowest BCUT2D eigenvalue weighted by Gasteiger charge is -2.37. The minimum absolute atomic E-state index is 0.170. The predicted molar refractivity (Wildman–Crippen MR) is 110 cm³/mol. The molecule has 1 saturated heterocycles. The third-order valence-electron chi connectivity index (χ3n) is 4.85. The summed E-state index contributed by atoms with van der Waals surface area (Å²) in [6, 6.07) is 2.32. The van der Waals surface area contributed by atoms with Crippen molar-refractivity contribution in [3.63, 3.8) is 0 Å². The first-order valence-electron chi connectivity index (χ1n) is 9.51. The van der Waals surface area contributed by atoms with E-state index in [2.05, 4.69) is 28.3 Å². The number of ether oxygens (including phenoxy) is 1. The van der Waals surface area contributed by atoms with Crippen LogP contribution < -0.4 is 10.2 Å². The molecule has 0 bridgehead atoms. The quantitative estimate of drug-likeness (QED) is 0.309. The van der Waals surface area contributed by atoms with Crippen LogP contribution in [0.2, 0.25) is 0 Å². The summed E-state index contributed by atoms with van der Waals surface area (Å²) in [5.74, 6) is -2.14. The van der Waals surface area contributed by atoms with E-state index in [-0.39, 0.29) is 37.6 Å². The number of anilines is 1. The van der Waals surface area contributed by atoms with E-state index in [9.17, 15) is 18.7 Å². The first-order valence-corrected chi connectivity index (χ1v) is 10.0. The largest absolute Gasteiger partial charge is 0.393 e. The Balaban J connectivity index is 1.69. The molecule has 3 rings (SSSR count). The number of piperazine rings is 1. The maximum Gasteiger partial charge on any atom is 0.253 e. The van der Waals surface area contributed by atoms with Gasteiger partial charge in [-0.2, -0.15) is 0 Å². The Morgan fingerprint density at radius 2 is 1.94 bits per heavy atom. The second-order valence-electron chi connectivity index (χ2n) is 6.89. The van der Waals surface area contributed by atoms with Crippen molar-refractivity contribution < 1.29 is 28.5 Å². The van der Waals surface area contributed by atoms with Crippen LogP contribution in [0.4, 0.5) is 14.5 Å². The fraction of sp³-hybridized carbons (Fsp3) is 0.500. The minimum Gasteiger partial charge on any atom is -0.393 e. The highest BCUT2D eigenvalue weighted by Crippen LogP contribution is 2.27. The summed E-state index contributed by atoms with van der Waals surface area (Å²) in [5.41, 5.74) is 0.0268. The van der Waals surface area contributed by atoms with Crippen molar-refractivity contribution in [2.45, 2.75) is 18.2 Å². The molecular weight excluding hydrogens is 434 g/mol. The zero-order valence-electron chi connectivity index (χ0n) is 16.8. The van der Waals surface area contributed by atoms with Crippen molar-refractivity contribution in [3.05, 3.63) is 35.7 Å². The average Bonchev–Trinajstić information content (AvgIpc) is 3.25. The molecule has 1 aromatic heterocycles. The lowest BCUT2D eigenvalue weighted by Crippen LogP contribution is -2.52. The van der Waals surface area contributed by atoms with Crippen molar-refractivity contribution in [1.29, 1.82) is 0 Å². The lowest BCUT2D eigenvalue weighted by atomic mass is 10.2. The summed E-state index contributed by atoms with van der Waals surface area (Å²) in [4.78, 5) is 14.8. The van der Waals surface area contributed by atoms with Crippen molar-refractivity contribution in [2.75, 3.05) is 44.8 Å². The molecule has 1 amide bonds. The van der Waals surface area contributed by atoms with Crippen LogP contribution in [0.15, 0.2) is 18.3 Å². The number of hydrogen-bond acceptors (Lipinski definition) is 9. The molecule has 13 heteroatoms. The molecule has 1 aliphatic heterocycles. The third-order valence-corrected chi connectivity index (χ3v) is 5.25. The van der Waals surface area contributed by atoms with Gasteiger partial charge in [0.1, 0.15) is 5.69 Å². The number of amides is 1. The number of carbonyl (C=O) groups excluding carboxylic acids is 1. The molecule has 31 heavy (non-hydrogen) atoms. The normalized spacial score (nSPS) is 16.5. The predicted octanol–water partition coefficient (Wildman–Crippen LogP) is -0.503. The van der Waals surface area contributed by atoms with E-state index in [1.807, 2.05) is 0 Å². The van der Waals surface area contributed by atoms with Crippen LogP contribution in [0.3, 0.4) is 0 Å². The molecular formula is C18H24F2N6O4S. The molecule has 0 saturated carbocycles. The van der Waals surface area contributed by atoms with Gasteiger partial charge in [-0.3, -0.25) is 10.1 Å². The van der Waals surface area contributed by atoms with Crippen LogP contribution in [-0.4, -0.2) is 87.6 Å². The van der Waals surface area contributed by atoms with Gasteiger partial charge in [0.15, 0.2) is 23.3 Å². The number of aliphatic hydroxyl groups is 2. The maximum absolute atomic E-state index is 14.8. The molecule has 2 heterocycles. The van der Waals surface area contributed by atoms with Gasteiger partial charge >= 0.3 is 0 Å².